The van der Waals surface area contributed by atoms with Crippen molar-refractivity contribution in [3.63, 3.8) is 0 Å². The van der Waals surface area contributed by atoms with Crippen molar-refractivity contribution in [2.24, 2.45) is 0 Å². The van der Waals surface area contributed by atoms with Crippen LogP contribution in [0.4, 0.5) is 0 Å². The fraction of sp³-hybridized carbons (Fsp3) is 0.647. The minimum absolute atomic E-state index is 0.278. The van der Waals surface area contributed by atoms with E-state index >= 15 is 0 Å². The molecule has 0 aliphatic carbocycles. The Morgan fingerprint density at radius 1 is 1.24 bits per heavy atom. The number of rotatable bonds is 6. The summed E-state index contributed by atoms with van der Waals surface area (Å²) in [5.41, 5.74) is 2.75. The Balaban J connectivity index is 1.61. The van der Waals surface area contributed by atoms with Crippen LogP contribution in [0.15, 0.2) is 24.3 Å². The van der Waals surface area contributed by atoms with Crippen LogP contribution in [0.5, 0.6) is 0 Å². The van der Waals surface area contributed by atoms with Crippen LogP contribution in [0.1, 0.15) is 30.4 Å². The van der Waals surface area contributed by atoms with Crippen LogP contribution in [-0.2, 0) is 17.8 Å². The summed E-state index contributed by atoms with van der Waals surface area (Å²) in [7, 11) is 0. The Morgan fingerprint density at radius 3 is 2.86 bits per heavy atom. The van der Waals surface area contributed by atoms with Crippen molar-refractivity contribution < 1.29 is 9.84 Å². The molecule has 0 saturated carbocycles. The molecule has 2 aliphatic rings. The Kier molecular flexibility index (Phi) is 5.25. The van der Waals surface area contributed by atoms with Gasteiger partial charge in [0.05, 0.1) is 13.2 Å². The molecule has 0 amide bonds. The topological polar surface area (TPSA) is 44.7 Å². The van der Waals surface area contributed by atoms with Crippen LogP contribution in [0, 0.1) is 0 Å². The van der Waals surface area contributed by atoms with Gasteiger partial charge in [-0.15, -0.1) is 0 Å². The molecule has 0 radical (unpaired) electrons. The molecule has 2 N–H and O–H groups in total. The first-order valence-electron chi connectivity index (χ1n) is 8.09. The van der Waals surface area contributed by atoms with Gasteiger partial charge in [0.25, 0.3) is 0 Å². The molecule has 2 aliphatic heterocycles. The minimum Gasteiger partial charge on any atom is -0.395 e. The van der Waals surface area contributed by atoms with Crippen molar-refractivity contribution >= 4 is 0 Å². The fourth-order valence-electron chi connectivity index (χ4n) is 3.36. The van der Waals surface area contributed by atoms with E-state index in [0.717, 1.165) is 45.7 Å². The van der Waals surface area contributed by atoms with Gasteiger partial charge in [-0.1, -0.05) is 24.3 Å². The number of hydrogen-bond donors (Lipinski definition) is 2. The Hall–Kier alpha value is -0.940. The van der Waals surface area contributed by atoms with E-state index in [2.05, 4.69) is 34.5 Å². The number of nitrogens with zero attached hydrogens (tertiary/aromatic N) is 1. The highest BCUT2D eigenvalue weighted by molar-refractivity contribution is 5.27. The van der Waals surface area contributed by atoms with E-state index < -0.39 is 0 Å². The quantitative estimate of drug-likeness (QED) is 0.834. The lowest BCUT2D eigenvalue weighted by Gasteiger charge is -2.24. The summed E-state index contributed by atoms with van der Waals surface area (Å²) in [5, 5.41) is 13.1. The van der Waals surface area contributed by atoms with Crippen LogP contribution in [-0.4, -0.2) is 48.5 Å². The molecule has 2 fully saturated rings. The van der Waals surface area contributed by atoms with Gasteiger partial charge < -0.3 is 15.2 Å². The summed E-state index contributed by atoms with van der Waals surface area (Å²) < 4.78 is 5.41. The average molecular weight is 290 g/mol. The van der Waals surface area contributed by atoms with Gasteiger partial charge in [-0.3, -0.25) is 4.90 Å². The fourth-order valence-corrected chi connectivity index (χ4v) is 3.36. The summed E-state index contributed by atoms with van der Waals surface area (Å²) >= 11 is 0. The zero-order valence-corrected chi connectivity index (χ0v) is 12.6. The molecular formula is C17H26N2O2. The monoisotopic (exact) mass is 290 g/mol. The lowest BCUT2D eigenvalue weighted by atomic mass is 10.1. The largest absolute Gasteiger partial charge is 0.395 e. The summed E-state index contributed by atoms with van der Waals surface area (Å²) in [6, 6.07) is 9.49. The standard InChI is InChI=1S/C17H26N2O2/c20-12-17-6-3-8-19(17)11-15-5-2-1-4-14(15)10-18-16-7-9-21-13-16/h1-2,4-5,16-18,20H,3,6-13H2/t16-,17+/m0/s1. The number of aliphatic hydroxyl groups is 1. The minimum atomic E-state index is 0.278. The van der Waals surface area contributed by atoms with E-state index in [-0.39, 0.29) is 6.61 Å². The van der Waals surface area contributed by atoms with E-state index in [0.29, 0.717) is 12.1 Å². The van der Waals surface area contributed by atoms with Crippen molar-refractivity contribution in [1.29, 1.82) is 0 Å². The Labute approximate surface area is 127 Å². The number of benzene rings is 1. The van der Waals surface area contributed by atoms with Gasteiger partial charge in [0.15, 0.2) is 0 Å². The lowest BCUT2D eigenvalue weighted by molar-refractivity contribution is 0.153. The van der Waals surface area contributed by atoms with Crippen molar-refractivity contribution in [2.45, 2.75) is 44.4 Å². The molecule has 2 heterocycles. The second-order valence-electron chi connectivity index (χ2n) is 6.16. The van der Waals surface area contributed by atoms with Gasteiger partial charge in [-0.25, -0.2) is 0 Å². The SMILES string of the molecule is OC[C@H]1CCCN1Cc1ccccc1CN[C@H]1CCOC1. The normalized spacial score (nSPS) is 26.5. The first-order chi connectivity index (χ1) is 10.4. The molecule has 0 aromatic heterocycles. The summed E-state index contributed by atoms with van der Waals surface area (Å²) in [6.07, 6.45) is 3.43. The van der Waals surface area contributed by atoms with Gasteiger partial charge in [-0.2, -0.15) is 0 Å². The molecule has 2 atom stereocenters. The number of likely N-dealkylation sites (tertiary alicyclic amines) is 1. The first-order valence-corrected chi connectivity index (χ1v) is 8.09. The van der Waals surface area contributed by atoms with Crippen molar-refractivity contribution in [2.75, 3.05) is 26.4 Å². The Morgan fingerprint density at radius 2 is 2.10 bits per heavy atom. The molecule has 0 unspecified atom stereocenters. The van der Waals surface area contributed by atoms with E-state index in [1.807, 2.05) is 0 Å². The van der Waals surface area contributed by atoms with Crippen molar-refractivity contribution in [1.82, 2.24) is 10.2 Å². The summed E-state index contributed by atoms with van der Waals surface area (Å²) in [5.74, 6) is 0. The average Bonchev–Trinajstić information content (AvgIpc) is 3.17. The number of ether oxygens (including phenoxy) is 1. The molecule has 3 rings (SSSR count). The zero-order valence-electron chi connectivity index (χ0n) is 12.6. The summed E-state index contributed by atoms with van der Waals surface area (Å²) in [6.45, 7) is 4.95. The molecule has 1 aromatic rings. The number of nitrogens with one attached hydrogen (secondary N) is 1. The van der Waals surface area contributed by atoms with Gasteiger partial charge in [0, 0.05) is 31.8 Å². The molecule has 0 spiro atoms. The van der Waals surface area contributed by atoms with E-state index in [4.69, 9.17) is 4.74 Å². The first kappa shape index (κ1) is 15.0. The molecule has 2 saturated heterocycles. The molecule has 4 nitrogen and oxygen atoms in total. The lowest BCUT2D eigenvalue weighted by Crippen LogP contribution is -2.33. The highest BCUT2D eigenvalue weighted by Crippen LogP contribution is 2.21. The van der Waals surface area contributed by atoms with Crippen LogP contribution in [0.3, 0.4) is 0 Å². The molecular weight excluding hydrogens is 264 g/mol. The van der Waals surface area contributed by atoms with E-state index in [1.165, 1.54) is 17.5 Å². The third kappa shape index (κ3) is 3.83. The third-order valence-electron chi connectivity index (χ3n) is 4.71. The van der Waals surface area contributed by atoms with Crippen LogP contribution in [0.2, 0.25) is 0 Å². The third-order valence-corrected chi connectivity index (χ3v) is 4.71. The second kappa shape index (κ2) is 7.36. The van der Waals surface area contributed by atoms with Crippen LogP contribution >= 0.6 is 0 Å². The molecule has 1 aromatic carbocycles. The van der Waals surface area contributed by atoms with E-state index in [1.54, 1.807) is 0 Å². The predicted octanol–water partition coefficient (Wildman–Crippen LogP) is 1.52. The van der Waals surface area contributed by atoms with Gasteiger partial charge in [0.1, 0.15) is 0 Å². The van der Waals surface area contributed by atoms with E-state index in [9.17, 15) is 5.11 Å². The number of aliphatic hydroxyl groups excluding tert-OH is 1. The maximum absolute atomic E-state index is 9.46. The molecule has 0 bridgehead atoms. The Bertz CT molecular complexity index is 446. The molecule has 116 valence electrons. The van der Waals surface area contributed by atoms with Gasteiger partial charge in [0.2, 0.25) is 0 Å². The smallest absolute Gasteiger partial charge is 0.0620 e. The van der Waals surface area contributed by atoms with Gasteiger partial charge in [-0.05, 0) is 36.9 Å². The summed E-state index contributed by atoms with van der Waals surface area (Å²) in [4.78, 5) is 2.41. The highest BCUT2D eigenvalue weighted by atomic mass is 16.5. The van der Waals surface area contributed by atoms with Crippen molar-refractivity contribution in [3.8, 4) is 0 Å². The highest BCUT2D eigenvalue weighted by Gasteiger charge is 2.24. The maximum atomic E-state index is 9.46. The van der Waals surface area contributed by atoms with Crippen molar-refractivity contribution in [3.05, 3.63) is 35.4 Å². The second-order valence-corrected chi connectivity index (χ2v) is 6.16. The zero-order chi connectivity index (χ0) is 14.5. The van der Waals surface area contributed by atoms with Crippen LogP contribution in [0.25, 0.3) is 0 Å². The van der Waals surface area contributed by atoms with Gasteiger partial charge >= 0.3 is 0 Å². The maximum Gasteiger partial charge on any atom is 0.0620 e. The molecule has 21 heavy (non-hydrogen) atoms. The van der Waals surface area contributed by atoms with Crippen LogP contribution < -0.4 is 5.32 Å². The predicted molar refractivity (Wildman–Crippen MR) is 83.0 cm³/mol. The molecule has 4 heteroatoms. The number of hydrogen-bond acceptors (Lipinski definition) is 4.